The fourth-order valence-electron chi connectivity index (χ4n) is 4.22. The number of fused-ring (bicyclic) bond motifs is 3. The lowest BCUT2D eigenvalue weighted by atomic mass is 9.75. The molecule has 8 heteroatoms. The average molecular weight is 359 g/mol. The molecule has 2 aromatic heterocycles. The van der Waals surface area contributed by atoms with Crippen molar-refractivity contribution in [3.05, 3.63) is 36.0 Å². The maximum atomic E-state index is 12.6. The molecule has 2 N–H and O–H groups in total. The molecule has 3 aliphatic rings. The van der Waals surface area contributed by atoms with Gasteiger partial charge in [-0.3, -0.25) is 14.4 Å². The van der Waals surface area contributed by atoms with Crippen molar-refractivity contribution < 1.29 is 14.3 Å². The number of aliphatic hydroxyl groups excluding tert-OH is 1. The summed E-state index contributed by atoms with van der Waals surface area (Å²) in [5.74, 6) is 1.38. The molecule has 3 saturated heterocycles. The lowest BCUT2D eigenvalue weighted by molar-refractivity contribution is -0.133. The number of aliphatic hydroxyl groups is 1. The first-order chi connectivity index (χ1) is 12.7. The molecule has 0 aromatic carbocycles. The van der Waals surface area contributed by atoms with Gasteiger partial charge in [0.15, 0.2) is 0 Å². The van der Waals surface area contributed by atoms with Crippen LogP contribution in [0, 0.1) is 11.8 Å². The average Bonchev–Trinajstić information content (AvgIpc) is 3.33. The normalized spacial score (nSPS) is 27.6. The quantitative estimate of drug-likeness (QED) is 0.744. The van der Waals surface area contributed by atoms with Crippen molar-refractivity contribution in [2.45, 2.75) is 38.4 Å². The monoisotopic (exact) mass is 359 g/mol. The predicted octanol–water partition coefficient (Wildman–Crippen LogP) is 0.433. The van der Waals surface area contributed by atoms with Gasteiger partial charge in [-0.25, -0.2) is 0 Å². The number of rotatable bonds is 7. The van der Waals surface area contributed by atoms with Crippen LogP contribution >= 0.6 is 0 Å². The second-order valence-corrected chi connectivity index (χ2v) is 7.24. The molecule has 2 bridgehead atoms. The topological polar surface area (TPSA) is 96.4 Å². The van der Waals surface area contributed by atoms with E-state index in [1.54, 1.807) is 6.26 Å². The minimum absolute atomic E-state index is 0.0515. The number of hydrogen-bond acceptors (Lipinski definition) is 6. The maximum absolute atomic E-state index is 12.6. The summed E-state index contributed by atoms with van der Waals surface area (Å²) in [6, 6.07) is 4.10. The van der Waals surface area contributed by atoms with E-state index in [0.717, 1.165) is 43.9 Å². The third kappa shape index (κ3) is 3.66. The first-order valence-corrected chi connectivity index (χ1v) is 9.27. The van der Waals surface area contributed by atoms with Gasteiger partial charge < -0.3 is 14.8 Å². The summed E-state index contributed by atoms with van der Waals surface area (Å²) in [5, 5.41) is 20.3. The van der Waals surface area contributed by atoms with Crippen LogP contribution in [0.25, 0.3) is 0 Å². The van der Waals surface area contributed by atoms with Crippen molar-refractivity contribution in [3.63, 3.8) is 0 Å². The fourth-order valence-corrected chi connectivity index (χ4v) is 4.22. The van der Waals surface area contributed by atoms with E-state index in [0.29, 0.717) is 24.9 Å². The van der Waals surface area contributed by atoms with Gasteiger partial charge in [-0.05, 0) is 37.4 Å². The van der Waals surface area contributed by atoms with Crippen molar-refractivity contribution in [3.8, 4) is 0 Å². The summed E-state index contributed by atoms with van der Waals surface area (Å²) < 4.78 is 7.14. The SMILES string of the molecule is O=C(NCc1ccco1)[C@H]1CN2CC[C@@H]1C[C@@H]2Cn1cc(CCO)nn1. The Morgan fingerprint density at radius 3 is 3.12 bits per heavy atom. The number of carbonyl (C=O) groups excluding carboxylic acids is 1. The van der Waals surface area contributed by atoms with Crippen LogP contribution < -0.4 is 5.32 Å². The molecular formula is C18H25N5O3. The van der Waals surface area contributed by atoms with Gasteiger partial charge in [-0.15, -0.1) is 5.10 Å². The van der Waals surface area contributed by atoms with Gasteiger partial charge in [0.25, 0.3) is 0 Å². The summed E-state index contributed by atoms with van der Waals surface area (Å²) in [5.41, 5.74) is 0.818. The van der Waals surface area contributed by atoms with Crippen LogP contribution in [0.5, 0.6) is 0 Å². The van der Waals surface area contributed by atoms with Crippen molar-refractivity contribution >= 4 is 5.91 Å². The Morgan fingerprint density at radius 2 is 2.38 bits per heavy atom. The van der Waals surface area contributed by atoms with Crippen molar-refractivity contribution in [1.82, 2.24) is 25.2 Å². The lowest BCUT2D eigenvalue weighted by Crippen LogP contribution is -2.57. The summed E-state index contributed by atoms with van der Waals surface area (Å²) in [7, 11) is 0. The first-order valence-electron chi connectivity index (χ1n) is 9.27. The molecule has 8 nitrogen and oxygen atoms in total. The van der Waals surface area contributed by atoms with Crippen LogP contribution in [0.3, 0.4) is 0 Å². The largest absolute Gasteiger partial charge is 0.467 e. The molecule has 1 amide bonds. The highest BCUT2D eigenvalue weighted by Gasteiger charge is 2.43. The number of hydrogen-bond donors (Lipinski definition) is 2. The lowest BCUT2D eigenvalue weighted by Gasteiger charge is -2.49. The molecule has 5 heterocycles. The number of piperidine rings is 3. The Kier molecular flexibility index (Phi) is 5.03. The Bertz CT molecular complexity index is 729. The molecule has 4 atom stereocenters. The highest BCUT2D eigenvalue weighted by Crippen LogP contribution is 2.36. The molecule has 3 fully saturated rings. The Morgan fingerprint density at radius 1 is 1.46 bits per heavy atom. The van der Waals surface area contributed by atoms with E-state index >= 15 is 0 Å². The molecule has 0 saturated carbocycles. The van der Waals surface area contributed by atoms with Crippen LogP contribution in [0.15, 0.2) is 29.0 Å². The van der Waals surface area contributed by atoms with E-state index in [4.69, 9.17) is 9.52 Å². The van der Waals surface area contributed by atoms with Crippen molar-refractivity contribution in [2.24, 2.45) is 11.8 Å². The molecule has 0 radical (unpaired) electrons. The van der Waals surface area contributed by atoms with Gasteiger partial charge in [0, 0.05) is 31.8 Å². The number of nitrogens with zero attached hydrogens (tertiary/aromatic N) is 4. The molecule has 1 unspecified atom stereocenters. The minimum atomic E-state index is 0.0515. The summed E-state index contributed by atoms with van der Waals surface area (Å²) >= 11 is 0. The molecule has 26 heavy (non-hydrogen) atoms. The number of carbonyl (C=O) groups is 1. The zero-order chi connectivity index (χ0) is 17.9. The molecule has 5 rings (SSSR count). The summed E-state index contributed by atoms with van der Waals surface area (Å²) in [6.07, 6.45) is 6.15. The molecule has 0 aliphatic carbocycles. The number of furan rings is 1. The second kappa shape index (κ2) is 7.59. The van der Waals surface area contributed by atoms with Crippen LogP contribution in [0.2, 0.25) is 0 Å². The van der Waals surface area contributed by atoms with Crippen LogP contribution in [-0.4, -0.2) is 56.6 Å². The van der Waals surface area contributed by atoms with Gasteiger partial charge >= 0.3 is 0 Å². The zero-order valence-corrected chi connectivity index (χ0v) is 14.8. The van der Waals surface area contributed by atoms with Gasteiger partial charge in [-0.2, -0.15) is 0 Å². The summed E-state index contributed by atoms with van der Waals surface area (Å²) in [4.78, 5) is 15.0. The van der Waals surface area contributed by atoms with E-state index < -0.39 is 0 Å². The standard InChI is InChI=1S/C18H25N5O3/c24-6-4-14-10-23(21-20-14)11-15-8-13-3-5-22(15)12-17(13)18(25)19-9-16-2-1-7-26-16/h1-2,7,10,13,15,17,24H,3-6,8-9,11-12H2,(H,19,25)/t13-,15-,17+/m1/s1. The maximum Gasteiger partial charge on any atom is 0.225 e. The van der Waals surface area contributed by atoms with Gasteiger partial charge in [-0.1, -0.05) is 5.21 Å². The highest BCUT2D eigenvalue weighted by molar-refractivity contribution is 5.79. The Balaban J connectivity index is 1.32. The van der Waals surface area contributed by atoms with E-state index in [-0.39, 0.29) is 18.4 Å². The minimum Gasteiger partial charge on any atom is -0.467 e. The first kappa shape index (κ1) is 17.2. The number of nitrogens with one attached hydrogen (secondary N) is 1. The Hall–Kier alpha value is -2.19. The zero-order valence-electron chi connectivity index (χ0n) is 14.8. The van der Waals surface area contributed by atoms with E-state index in [1.807, 2.05) is 23.0 Å². The molecule has 0 spiro atoms. The fraction of sp³-hybridized carbons (Fsp3) is 0.611. The van der Waals surface area contributed by atoms with Crippen molar-refractivity contribution in [1.29, 1.82) is 0 Å². The van der Waals surface area contributed by atoms with Crippen LogP contribution in [0.4, 0.5) is 0 Å². The molecule has 3 aliphatic heterocycles. The van der Waals surface area contributed by atoms with E-state index in [2.05, 4.69) is 20.5 Å². The molecule has 140 valence electrons. The van der Waals surface area contributed by atoms with Gasteiger partial charge in [0.1, 0.15) is 5.76 Å². The third-order valence-corrected chi connectivity index (χ3v) is 5.58. The molecule has 2 aromatic rings. The van der Waals surface area contributed by atoms with E-state index in [9.17, 15) is 4.79 Å². The number of amides is 1. The molecular weight excluding hydrogens is 334 g/mol. The third-order valence-electron chi connectivity index (χ3n) is 5.58. The van der Waals surface area contributed by atoms with Gasteiger partial charge in [0.2, 0.25) is 5.91 Å². The second-order valence-electron chi connectivity index (χ2n) is 7.24. The van der Waals surface area contributed by atoms with Gasteiger partial charge in [0.05, 0.1) is 31.0 Å². The highest BCUT2D eigenvalue weighted by atomic mass is 16.3. The summed E-state index contributed by atoms with van der Waals surface area (Å²) in [6.45, 7) is 3.17. The van der Waals surface area contributed by atoms with Crippen LogP contribution in [0.1, 0.15) is 24.3 Å². The predicted molar refractivity (Wildman–Crippen MR) is 92.9 cm³/mol. The van der Waals surface area contributed by atoms with Crippen molar-refractivity contribution in [2.75, 3.05) is 19.7 Å². The van der Waals surface area contributed by atoms with Crippen LogP contribution in [-0.2, 0) is 24.3 Å². The van der Waals surface area contributed by atoms with E-state index in [1.165, 1.54) is 0 Å². The number of aromatic nitrogens is 3. The Labute approximate surface area is 152 Å². The smallest absolute Gasteiger partial charge is 0.225 e.